The molecular weight excluding hydrogens is 489 g/mol. The van der Waals surface area contributed by atoms with Gasteiger partial charge in [-0.3, -0.25) is 0 Å². The average molecular weight is 511 g/mol. The summed E-state index contributed by atoms with van der Waals surface area (Å²) in [6.45, 7) is 0. The van der Waals surface area contributed by atoms with Gasteiger partial charge in [-0.2, -0.15) is 21.6 Å². The van der Waals surface area contributed by atoms with Crippen molar-refractivity contribution < 1.29 is 25.8 Å². The molecule has 0 fully saturated rings. The number of hydrogen-bond donors (Lipinski definition) is 2. The highest BCUT2D eigenvalue weighted by Gasteiger charge is 2.48. The predicted octanol–water partition coefficient (Wildman–Crippen LogP) is 6.74. The van der Waals surface area contributed by atoms with Crippen LogP contribution in [0.4, 0.5) is 24.5 Å². The topological polar surface area (TPSA) is 95.4 Å². The summed E-state index contributed by atoms with van der Waals surface area (Å²) in [6.07, 6.45) is 0. The van der Waals surface area contributed by atoms with Gasteiger partial charge in [-0.05, 0) is 63.7 Å². The van der Waals surface area contributed by atoms with Crippen LogP contribution in [0.2, 0.25) is 0 Å². The van der Waals surface area contributed by atoms with Crippen molar-refractivity contribution in [3.8, 4) is 16.9 Å². The van der Waals surface area contributed by atoms with E-state index < -0.39 is 21.4 Å². The molecule has 0 atom stereocenters. The minimum Gasteiger partial charge on any atom is -0.399 e. The van der Waals surface area contributed by atoms with Gasteiger partial charge in [0.25, 0.3) is 0 Å². The summed E-state index contributed by atoms with van der Waals surface area (Å²) in [4.78, 5) is 0. The monoisotopic (exact) mass is 510 g/mol. The van der Waals surface area contributed by atoms with Crippen LogP contribution in [-0.4, -0.2) is 13.9 Å². The molecule has 0 saturated heterocycles. The van der Waals surface area contributed by atoms with E-state index in [-0.39, 0.29) is 5.39 Å². The molecule has 0 saturated carbocycles. The lowest BCUT2D eigenvalue weighted by Gasteiger charge is -2.11. The molecule has 5 nitrogen and oxygen atoms in total. The molecule has 0 radical (unpaired) electrons. The first-order valence-electron chi connectivity index (χ1n) is 10.7. The van der Waals surface area contributed by atoms with Crippen LogP contribution in [0.15, 0.2) is 103 Å². The molecule has 5 rings (SSSR count). The largest absolute Gasteiger partial charge is 0.534 e. The van der Waals surface area contributed by atoms with Gasteiger partial charge >= 0.3 is 15.6 Å². The highest BCUT2D eigenvalue weighted by atomic mass is 32.2. The summed E-state index contributed by atoms with van der Waals surface area (Å²) in [5, 5.41) is 3.14. The fraction of sp³-hybridized carbons (Fsp3) is 0.0370. The van der Waals surface area contributed by atoms with Crippen molar-refractivity contribution in [3.05, 3.63) is 103 Å². The molecule has 0 aromatic heterocycles. The van der Waals surface area contributed by atoms with Crippen molar-refractivity contribution in [2.75, 3.05) is 11.5 Å². The van der Waals surface area contributed by atoms with E-state index in [4.69, 9.17) is 11.5 Å². The molecule has 4 N–H and O–H groups in total. The van der Waals surface area contributed by atoms with E-state index in [0.717, 1.165) is 11.8 Å². The van der Waals surface area contributed by atoms with Gasteiger partial charge in [-0.25, -0.2) is 0 Å². The second-order valence-corrected chi connectivity index (χ2v) is 9.41. The van der Waals surface area contributed by atoms with Gasteiger partial charge in [0, 0.05) is 16.8 Å². The number of fused-ring (bicyclic) bond motifs is 2. The van der Waals surface area contributed by atoms with Gasteiger partial charge in [0.05, 0.1) is 0 Å². The summed E-state index contributed by atoms with van der Waals surface area (Å²) in [7, 11) is -5.68. The minimum atomic E-state index is -5.68. The third kappa shape index (κ3) is 5.36. The number of nitrogen functional groups attached to an aromatic ring is 2. The lowest BCUT2D eigenvalue weighted by atomic mass is 9.98. The van der Waals surface area contributed by atoms with Crippen LogP contribution < -0.4 is 15.7 Å². The first kappa shape index (κ1) is 24.9. The predicted molar refractivity (Wildman–Crippen MR) is 138 cm³/mol. The Bertz CT molecular complexity index is 1640. The van der Waals surface area contributed by atoms with Crippen LogP contribution >= 0.6 is 0 Å². The van der Waals surface area contributed by atoms with Gasteiger partial charge < -0.3 is 15.7 Å². The molecule has 36 heavy (non-hydrogen) atoms. The Balaban J connectivity index is 0.000000170. The Morgan fingerprint density at radius 2 is 1.19 bits per heavy atom. The number of benzene rings is 5. The summed E-state index contributed by atoms with van der Waals surface area (Å²) >= 11 is 0. The molecule has 0 bridgehead atoms. The quantitative estimate of drug-likeness (QED) is 0.159. The van der Waals surface area contributed by atoms with E-state index >= 15 is 0 Å². The van der Waals surface area contributed by atoms with E-state index in [1.807, 2.05) is 18.2 Å². The Morgan fingerprint density at radius 1 is 0.639 bits per heavy atom. The van der Waals surface area contributed by atoms with E-state index in [0.29, 0.717) is 11.1 Å². The van der Waals surface area contributed by atoms with Crippen LogP contribution in [0.1, 0.15) is 0 Å². The van der Waals surface area contributed by atoms with Crippen LogP contribution in [0.25, 0.3) is 32.7 Å². The highest BCUT2D eigenvalue weighted by Crippen LogP contribution is 2.32. The number of nitrogens with two attached hydrogens (primary N) is 2. The molecule has 0 unspecified atom stereocenters. The molecule has 5 aromatic rings. The first-order chi connectivity index (χ1) is 17.0. The maximum Gasteiger partial charge on any atom is 0.534 e. The highest BCUT2D eigenvalue weighted by molar-refractivity contribution is 7.88. The Morgan fingerprint density at radius 3 is 1.81 bits per heavy atom. The smallest absolute Gasteiger partial charge is 0.399 e. The lowest BCUT2D eigenvalue weighted by Crippen LogP contribution is -2.28. The van der Waals surface area contributed by atoms with Crippen LogP contribution in [-0.2, 0) is 10.1 Å². The van der Waals surface area contributed by atoms with Gasteiger partial charge in [-0.15, -0.1) is 0 Å². The Labute approximate surface area is 205 Å². The molecule has 0 aliphatic carbocycles. The number of anilines is 2. The molecule has 0 aliphatic rings. The van der Waals surface area contributed by atoms with Gasteiger partial charge in [0.15, 0.2) is 5.75 Å². The van der Waals surface area contributed by atoms with Crippen molar-refractivity contribution in [2.24, 2.45) is 0 Å². The van der Waals surface area contributed by atoms with Gasteiger partial charge in [-0.1, -0.05) is 66.7 Å². The van der Waals surface area contributed by atoms with E-state index in [9.17, 15) is 21.6 Å². The van der Waals surface area contributed by atoms with Crippen LogP contribution in [0.3, 0.4) is 0 Å². The maximum atomic E-state index is 12.3. The zero-order valence-corrected chi connectivity index (χ0v) is 19.6. The summed E-state index contributed by atoms with van der Waals surface area (Å²) in [5.41, 5.74) is 9.58. The summed E-state index contributed by atoms with van der Waals surface area (Å²) in [6, 6.07) is 31.2. The third-order valence-corrected chi connectivity index (χ3v) is 6.30. The summed E-state index contributed by atoms with van der Waals surface area (Å²) in [5.74, 6) is -0.394. The fourth-order valence-corrected chi connectivity index (χ4v) is 4.16. The number of hydrogen-bond acceptors (Lipinski definition) is 5. The van der Waals surface area contributed by atoms with Crippen molar-refractivity contribution in [1.29, 1.82) is 0 Å². The van der Waals surface area contributed by atoms with Crippen molar-refractivity contribution >= 4 is 43.0 Å². The number of halogens is 3. The zero-order valence-electron chi connectivity index (χ0n) is 18.7. The molecule has 184 valence electrons. The molecule has 5 aromatic carbocycles. The van der Waals surface area contributed by atoms with E-state index in [1.165, 1.54) is 46.2 Å². The lowest BCUT2D eigenvalue weighted by molar-refractivity contribution is -0.0499. The van der Waals surface area contributed by atoms with Crippen molar-refractivity contribution in [2.45, 2.75) is 5.51 Å². The second-order valence-electron chi connectivity index (χ2n) is 7.87. The van der Waals surface area contributed by atoms with E-state index in [2.05, 4.69) is 52.7 Å². The second kappa shape index (κ2) is 9.79. The Hall–Kier alpha value is -4.24. The third-order valence-electron chi connectivity index (χ3n) is 5.34. The molecule has 0 aliphatic heterocycles. The first-order valence-corrected chi connectivity index (χ1v) is 12.1. The molecular formula is C27H21F3N2O3S. The SMILES string of the molecule is Nc1ccc2c(-c3ccccc3)cccc2c1.Nc1ccc2c(OS(=O)(=O)C(F)(F)F)cccc2c1. The van der Waals surface area contributed by atoms with Gasteiger partial charge in [0.2, 0.25) is 0 Å². The Kier molecular flexibility index (Phi) is 6.76. The van der Waals surface area contributed by atoms with Crippen LogP contribution in [0, 0.1) is 0 Å². The number of alkyl halides is 3. The number of rotatable bonds is 3. The fourth-order valence-electron chi connectivity index (χ4n) is 3.68. The summed E-state index contributed by atoms with van der Waals surface area (Å²) < 4.78 is 62.8. The minimum absolute atomic E-state index is 0.226. The molecule has 0 spiro atoms. The molecule has 0 amide bonds. The van der Waals surface area contributed by atoms with Crippen molar-refractivity contribution in [3.63, 3.8) is 0 Å². The van der Waals surface area contributed by atoms with Gasteiger partial charge in [0.1, 0.15) is 0 Å². The van der Waals surface area contributed by atoms with Crippen LogP contribution in [0.5, 0.6) is 5.75 Å². The zero-order chi connectivity index (χ0) is 25.9. The normalized spacial score (nSPS) is 11.6. The van der Waals surface area contributed by atoms with Crippen molar-refractivity contribution in [1.82, 2.24) is 0 Å². The van der Waals surface area contributed by atoms with E-state index in [1.54, 1.807) is 6.07 Å². The molecule has 0 heterocycles. The standard InChI is InChI=1S/C16H13N.C11H8F3NO3S/c17-14-9-10-16-13(11-14)7-4-8-15(16)12-5-2-1-3-6-12;12-11(13,14)19(16,17)18-10-3-1-2-7-6-8(15)4-5-9(7)10/h1-11H,17H2;1-6H,15H2. The maximum absolute atomic E-state index is 12.3. The average Bonchev–Trinajstić information content (AvgIpc) is 2.83. The molecule has 9 heteroatoms.